The summed E-state index contributed by atoms with van der Waals surface area (Å²) in [6, 6.07) is 14.2. The molecule has 3 rings (SSSR count). The zero-order chi connectivity index (χ0) is 12.5. The second-order valence-electron chi connectivity index (χ2n) is 4.85. The summed E-state index contributed by atoms with van der Waals surface area (Å²) < 4.78 is 0. The summed E-state index contributed by atoms with van der Waals surface area (Å²) in [5.74, 6) is 0.567. The average Bonchev–Trinajstić information content (AvgIpc) is 2.41. The SMILES string of the molecule is Oc1ccc(C2CCCc3ccccc32)cc1Cl. The van der Waals surface area contributed by atoms with Gasteiger partial charge in [0.2, 0.25) is 0 Å². The third-order valence-electron chi connectivity index (χ3n) is 3.74. The highest BCUT2D eigenvalue weighted by Crippen LogP contribution is 2.38. The van der Waals surface area contributed by atoms with E-state index in [9.17, 15) is 5.11 Å². The molecule has 0 bridgehead atoms. The first-order valence-corrected chi connectivity index (χ1v) is 6.70. The van der Waals surface area contributed by atoms with Crippen LogP contribution in [0.5, 0.6) is 5.75 Å². The molecule has 18 heavy (non-hydrogen) atoms. The topological polar surface area (TPSA) is 20.2 Å². The fourth-order valence-electron chi connectivity index (χ4n) is 2.84. The van der Waals surface area contributed by atoms with Crippen molar-refractivity contribution in [3.63, 3.8) is 0 Å². The molecule has 1 aliphatic rings. The first-order valence-electron chi connectivity index (χ1n) is 6.32. The van der Waals surface area contributed by atoms with Gasteiger partial charge < -0.3 is 5.11 Å². The first kappa shape index (κ1) is 11.6. The number of hydrogen-bond acceptors (Lipinski definition) is 1. The van der Waals surface area contributed by atoms with Gasteiger partial charge in [-0.3, -0.25) is 0 Å². The molecule has 0 heterocycles. The Balaban J connectivity index is 2.05. The molecule has 0 aliphatic heterocycles. The summed E-state index contributed by atoms with van der Waals surface area (Å²) in [6.45, 7) is 0. The highest BCUT2D eigenvalue weighted by atomic mass is 35.5. The molecule has 0 fully saturated rings. The minimum absolute atomic E-state index is 0.157. The van der Waals surface area contributed by atoms with Gasteiger partial charge in [0.1, 0.15) is 5.75 Å². The monoisotopic (exact) mass is 258 g/mol. The minimum atomic E-state index is 0.157. The Morgan fingerprint density at radius 1 is 1.11 bits per heavy atom. The van der Waals surface area contributed by atoms with Crippen LogP contribution in [0, 0.1) is 0 Å². The molecule has 2 aromatic rings. The second kappa shape index (κ2) is 4.66. The molecule has 1 nitrogen and oxygen atoms in total. The van der Waals surface area contributed by atoms with Crippen molar-refractivity contribution in [3.8, 4) is 5.75 Å². The number of fused-ring (bicyclic) bond motifs is 1. The highest BCUT2D eigenvalue weighted by molar-refractivity contribution is 6.32. The van der Waals surface area contributed by atoms with Crippen molar-refractivity contribution in [1.29, 1.82) is 0 Å². The van der Waals surface area contributed by atoms with Crippen molar-refractivity contribution in [3.05, 3.63) is 64.2 Å². The third kappa shape index (κ3) is 1.99. The van der Waals surface area contributed by atoms with Gasteiger partial charge in [0.25, 0.3) is 0 Å². The van der Waals surface area contributed by atoms with E-state index in [1.807, 2.05) is 12.1 Å². The predicted molar refractivity (Wildman–Crippen MR) is 74.3 cm³/mol. The first-order chi connectivity index (χ1) is 8.75. The molecule has 0 aromatic heterocycles. The van der Waals surface area contributed by atoms with Gasteiger partial charge in [0.15, 0.2) is 0 Å². The fourth-order valence-corrected chi connectivity index (χ4v) is 3.03. The summed E-state index contributed by atoms with van der Waals surface area (Å²) >= 11 is 6.01. The van der Waals surface area contributed by atoms with Crippen LogP contribution in [0.2, 0.25) is 5.02 Å². The molecule has 1 atom stereocenters. The maximum Gasteiger partial charge on any atom is 0.134 e. The number of aromatic hydroxyl groups is 1. The van der Waals surface area contributed by atoms with E-state index in [2.05, 4.69) is 24.3 Å². The Hall–Kier alpha value is -1.47. The summed E-state index contributed by atoms with van der Waals surface area (Å²) in [4.78, 5) is 0. The Morgan fingerprint density at radius 2 is 1.94 bits per heavy atom. The molecule has 1 N–H and O–H groups in total. The number of phenolic OH excluding ortho intramolecular Hbond substituents is 1. The van der Waals surface area contributed by atoms with Crippen LogP contribution in [0.15, 0.2) is 42.5 Å². The highest BCUT2D eigenvalue weighted by Gasteiger charge is 2.21. The Labute approximate surface area is 112 Å². The van der Waals surface area contributed by atoms with Crippen LogP contribution < -0.4 is 0 Å². The smallest absolute Gasteiger partial charge is 0.134 e. The zero-order valence-corrected chi connectivity index (χ0v) is 10.8. The number of hydrogen-bond donors (Lipinski definition) is 1. The van der Waals surface area contributed by atoms with Gasteiger partial charge in [0, 0.05) is 5.92 Å². The van der Waals surface area contributed by atoms with Crippen molar-refractivity contribution < 1.29 is 5.11 Å². The van der Waals surface area contributed by atoms with Crippen LogP contribution in [-0.2, 0) is 6.42 Å². The van der Waals surface area contributed by atoms with Gasteiger partial charge in [-0.2, -0.15) is 0 Å². The summed E-state index contributed by atoms with van der Waals surface area (Å²) in [6.07, 6.45) is 3.52. The molecular formula is C16H15ClO. The number of halogens is 1. The largest absolute Gasteiger partial charge is 0.506 e. The van der Waals surface area contributed by atoms with E-state index in [1.54, 1.807) is 6.07 Å². The fraction of sp³-hybridized carbons (Fsp3) is 0.250. The summed E-state index contributed by atoms with van der Waals surface area (Å²) in [5, 5.41) is 9.95. The second-order valence-corrected chi connectivity index (χ2v) is 5.26. The van der Waals surface area contributed by atoms with E-state index in [0.717, 1.165) is 6.42 Å². The van der Waals surface area contributed by atoms with Crippen LogP contribution in [-0.4, -0.2) is 5.11 Å². The molecule has 0 spiro atoms. The lowest BCUT2D eigenvalue weighted by Gasteiger charge is -2.26. The number of aryl methyl sites for hydroxylation is 1. The van der Waals surface area contributed by atoms with Gasteiger partial charge in [0.05, 0.1) is 5.02 Å². The van der Waals surface area contributed by atoms with Gasteiger partial charge in [-0.25, -0.2) is 0 Å². The van der Waals surface area contributed by atoms with Crippen molar-refractivity contribution in [2.75, 3.05) is 0 Å². The molecule has 0 radical (unpaired) electrons. The number of benzene rings is 2. The van der Waals surface area contributed by atoms with Crippen molar-refractivity contribution in [2.45, 2.75) is 25.2 Å². The Bertz CT molecular complexity index is 577. The molecule has 0 amide bonds. The van der Waals surface area contributed by atoms with E-state index >= 15 is 0 Å². The third-order valence-corrected chi connectivity index (χ3v) is 4.05. The van der Waals surface area contributed by atoms with Crippen LogP contribution in [0.4, 0.5) is 0 Å². The summed E-state index contributed by atoms with van der Waals surface area (Å²) in [7, 11) is 0. The van der Waals surface area contributed by atoms with E-state index in [1.165, 1.54) is 29.5 Å². The molecule has 0 saturated carbocycles. The van der Waals surface area contributed by atoms with E-state index in [0.29, 0.717) is 10.9 Å². The standard InChI is InChI=1S/C16H15ClO/c17-15-10-12(8-9-16(15)18)14-7-3-5-11-4-1-2-6-13(11)14/h1-2,4,6,8-10,14,18H,3,5,7H2. The average molecular weight is 259 g/mol. The van der Waals surface area contributed by atoms with Gasteiger partial charge in [-0.15, -0.1) is 0 Å². The van der Waals surface area contributed by atoms with E-state index < -0.39 is 0 Å². The minimum Gasteiger partial charge on any atom is -0.506 e. The lowest BCUT2D eigenvalue weighted by Crippen LogP contribution is -2.10. The molecule has 92 valence electrons. The molecule has 1 aliphatic carbocycles. The van der Waals surface area contributed by atoms with Crippen molar-refractivity contribution in [1.82, 2.24) is 0 Å². The van der Waals surface area contributed by atoms with Crippen molar-refractivity contribution in [2.24, 2.45) is 0 Å². The van der Waals surface area contributed by atoms with Crippen LogP contribution in [0.3, 0.4) is 0 Å². The zero-order valence-electron chi connectivity index (χ0n) is 10.1. The van der Waals surface area contributed by atoms with Crippen LogP contribution >= 0.6 is 11.6 Å². The molecule has 0 saturated heterocycles. The van der Waals surface area contributed by atoms with Gasteiger partial charge in [-0.1, -0.05) is 41.9 Å². The predicted octanol–water partition coefficient (Wildman–Crippen LogP) is 4.51. The molecule has 2 heteroatoms. The Kier molecular flexibility index (Phi) is 3.00. The van der Waals surface area contributed by atoms with Crippen molar-refractivity contribution >= 4 is 11.6 Å². The van der Waals surface area contributed by atoms with Gasteiger partial charge >= 0.3 is 0 Å². The maximum absolute atomic E-state index is 9.51. The summed E-state index contributed by atoms with van der Waals surface area (Å²) in [5.41, 5.74) is 4.05. The number of rotatable bonds is 1. The van der Waals surface area contributed by atoms with E-state index in [-0.39, 0.29) is 5.75 Å². The van der Waals surface area contributed by atoms with E-state index in [4.69, 9.17) is 11.6 Å². The normalized spacial score (nSPS) is 18.4. The van der Waals surface area contributed by atoms with Crippen LogP contribution in [0.25, 0.3) is 0 Å². The lowest BCUT2D eigenvalue weighted by atomic mass is 9.79. The molecule has 2 aromatic carbocycles. The Morgan fingerprint density at radius 3 is 2.78 bits per heavy atom. The number of phenols is 1. The van der Waals surface area contributed by atoms with Crippen LogP contribution in [0.1, 0.15) is 35.4 Å². The molecular weight excluding hydrogens is 244 g/mol. The lowest BCUT2D eigenvalue weighted by molar-refractivity contribution is 0.475. The quantitative estimate of drug-likeness (QED) is 0.798. The maximum atomic E-state index is 9.51. The van der Waals surface area contributed by atoms with Gasteiger partial charge in [-0.05, 0) is 48.1 Å². The molecule has 1 unspecified atom stereocenters.